The van der Waals surface area contributed by atoms with Gasteiger partial charge in [-0.15, -0.1) is 12.4 Å². The van der Waals surface area contributed by atoms with Crippen LogP contribution >= 0.6 is 12.4 Å². The van der Waals surface area contributed by atoms with Gasteiger partial charge in [-0.2, -0.15) is 0 Å². The summed E-state index contributed by atoms with van der Waals surface area (Å²) in [6.07, 6.45) is 3.92. The van der Waals surface area contributed by atoms with Crippen LogP contribution in [0, 0.1) is 0 Å². The number of benzene rings is 1. The molecule has 0 unspecified atom stereocenters. The molecular weight excluding hydrogens is 314 g/mol. The van der Waals surface area contributed by atoms with Gasteiger partial charge in [0.25, 0.3) is 0 Å². The Morgan fingerprint density at radius 2 is 1.48 bits per heavy atom. The van der Waals surface area contributed by atoms with E-state index in [2.05, 4.69) is 30.9 Å². The molecule has 23 heavy (non-hydrogen) atoms. The Labute approximate surface area is 145 Å². The first-order valence-electron chi connectivity index (χ1n) is 8.47. The van der Waals surface area contributed by atoms with E-state index >= 15 is 0 Å². The maximum Gasteiger partial charge on any atom is 0.168 e. The summed E-state index contributed by atoms with van der Waals surface area (Å²) in [6.45, 7) is 7.92. The molecule has 1 aromatic carbocycles. The number of hydrogen-bond acceptors (Lipinski definition) is 4. The normalized spacial score (nSPS) is 22.2. The van der Waals surface area contributed by atoms with E-state index in [1.807, 2.05) is 0 Å². The summed E-state index contributed by atoms with van der Waals surface area (Å²) in [5, 5.41) is 9.61. The summed E-state index contributed by atoms with van der Waals surface area (Å²) in [5.41, 5.74) is 1.32. The fourth-order valence-corrected chi connectivity index (χ4v) is 4.22. The SMILES string of the molecule is CCN(CC)C1(c2ccc(O)cc2)CCC2(CC1)OCCO2.Cl. The van der Waals surface area contributed by atoms with E-state index in [0.717, 1.165) is 52.0 Å². The maximum atomic E-state index is 9.61. The molecule has 5 heteroatoms. The Hall–Kier alpha value is -0.810. The molecular formula is C18H28ClNO3. The van der Waals surface area contributed by atoms with Crippen LogP contribution in [0.4, 0.5) is 0 Å². The maximum absolute atomic E-state index is 9.61. The molecule has 1 saturated carbocycles. The van der Waals surface area contributed by atoms with Crippen LogP contribution < -0.4 is 0 Å². The quantitative estimate of drug-likeness (QED) is 0.907. The smallest absolute Gasteiger partial charge is 0.168 e. The minimum atomic E-state index is -0.340. The van der Waals surface area contributed by atoms with E-state index in [9.17, 15) is 5.11 Å². The largest absolute Gasteiger partial charge is 0.508 e. The van der Waals surface area contributed by atoms with Crippen LogP contribution in [0.3, 0.4) is 0 Å². The fraction of sp³-hybridized carbons (Fsp3) is 0.667. The van der Waals surface area contributed by atoms with Gasteiger partial charge in [0.1, 0.15) is 5.75 Å². The third kappa shape index (κ3) is 3.36. The van der Waals surface area contributed by atoms with Crippen LogP contribution in [0.2, 0.25) is 0 Å². The molecule has 0 aromatic heterocycles. The van der Waals surface area contributed by atoms with Crippen LogP contribution in [0.1, 0.15) is 45.1 Å². The Bertz CT molecular complexity index is 485. The van der Waals surface area contributed by atoms with Gasteiger partial charge in [-0.25, -0.2) is 0 Å². The highest BCUT2D eigenvalue weighted by Gasteiger charge is 2.48. The van der Waals surface area contributed by atoms with Crippen molar-refractivity contribution in [2.24, 2.45) is 0 Å². The third-order valence-corrected chi connectivity index (χ3v) is 5.43. The molecule has 0 bridgehead atoms. The van der Waals surface area contributed by atoms with Gasteiger partial charge >= 0.3 is 0 Å². The summed E-state index contributed by atoms with van der Waals surface area (Å²) in [6, 6.07) is 7.74. The zero-order valence-corrected chi connectivity index (χ0v) is 14.9. The zero-order valence-electron chi connectivity index (χ0n) is 14.1. The standard InChI is InChI=1S/C18H27NO3.ClH/c1-3-19(4-2)17(15-5-7-16(20)8-6-15)9-11-18(12-10-17)21-13-14-22-18;/h5-8,20H,3-4,9-14H2,1-2H3;1H. The monoisotopic (exact) mass is 341 g/mol. The molecule has 1 aromatic rings. The van der Waals surface area contributed by atoms with Crippen molar-refractivity contribution in [2.75, 3.05) is 26.3 Å². The van der Waals surface area contributed by atoms with Gasteiger partial charge in [0.15, 0.2) is 5.79 Å². The lowest BCUT2D eigenvalue weighted by Gasteiger charge is -2.50. The van der Waals surface area contributed by atoms with E-state index in [1.54, 1.807) is 12.1 Å². The molecule has 3 rings (SSSR count). The number of nitrogens with zero attached hydrogens (tertiary/aromatic N) is 1. The van der Waals surface area contributed by atoms with Gasteiger partial charge in [0, 0.05) is 18.4 Å². The molecule has 0 amide bonds. The molecule has 1 spiro atoms. The predicted octanol–water partition coefficient (Wildman–Crippen LogP) is 3.67. The molecule has 130 valence electrons. The lowest BCUT2D eigenvalue weighted by molar-refractivity contribution is -0.195. The van der Waals surface area contributed by atoms with Crippen molar-refractivity contribution in [1.82, 2.24) is 4.90 Å². The first-order valence-corrected chi connectivity index (χ1v) is 8.47. The van der Waals surface area contributed by atoms with E-state index in [4.69, 9.17) is 9.47 Å². The Kier molecular flexibility index (Phi) is 5.95. The minimum Gasteiger partial charge on any atom is -0.508 e. The van der Waals surface area contributed by atoms with Crippen molar-refractivity contribution in [3.63, 3.8) is 0 Å². The first-order chi connectivity index (χ1) is 10.6. The fourth-order valence-electron chi connectivity index (χ4n) is 4.22. The van der Waals surface area contributed by atoms with Crippen molar-refractivity contribution >= 4 is 12.4 Å². The molecule has 2 aliphatic rings. The van der Waals surface area contributed by atoms with Crippen LogP contribution in [0.5, 0.6) is 5.75 Å². The van der Waals surface area contributed by atoms with Crippen LogP contribution in [-0.4, -0.2) is 42.1 Å². The highest BCUT2D eigenvalue weighted by Crippen LogP contribution is 2.48. The number of aromatic hydroxyl groups is 1. The highest BCUT2D eigenvalue weighted by atomic mass is 35.5. The molecule has 1 saturated heterocycles. The van der Waals surface area contributed by atoms with Gasteiger partial charge in [-0.05, 0) is 43.6 Å². The summed E-state index contributed by atoms with van der Waals surface area (Å²) in [4.78, 5) is 2.54. The minimum absolute atomic E-state index is 0. The van der Waals surface area contributed by atoms with Crippen LogP contribution in [0.15, 0.2) is 24.3 Å². The van der Waals surface area contributed by atoms with Crippen LogP contribution in [-0.2, 0) is 15.0 Å². The summed E-state index contributed by atoms with van der Waals surface area (Å²) >= 11 is 0. The molecule has 1 aliphatic heterocycles. The number of ether oxygens (including phenoxy) is 2. The number of phenols is 1. The van der Waals surface area contributed by atoms with Crippen molar-refractivity contribution in [3.05, 3.63) is 29.8 Å². The average Bonchev–Trinajstić information content (AvgIpc) is 3.00. The number of phenolic OH excluding ortho intramolecular Hbond substituents is 1. The average molecular weight is 342 g/mol. The summed E-state index contributed by atoms with van der Waals surface area (Å²) in [7, 11) is 0. The van der Waals surface area contributed by atoms with Crippen LogP contribution in [0.25, 0.3) is 0 Å². The Morgan fingerprint density at radius 3 is 1.96 bits per heavy atom. The second-order valence-electron chi connectivity index (χ2n) is 6.36. The van der Waals surface area contributed by atoms with Crippen molar-refractivity contribution in [1.29, 1.82) is 0 Å². The lowest BCUT2D eigenvalue weighted by Crippen LogP contribution is -2.52. The highest BCUT2D eigenvalue weighted by molar-refractivity contribution is 5.85. The Balaban J connectivity index is 0.00000192. The summed E-state index contributed by atoms with van der Waals surface area (Å²) in [5.74, 6) is -0.0127. The van der Waals surface area contributed by atoms with Gasteiger partial charge in [-0.3, -0.25) is 4.90 Å². The number of hydrogen-bond donors (Lipinski definition) is 1. The number of rotatable bonds is 4. The van der Waals surface area contributed by atoms with E-state index in [-0.39, 0.29) is 23.7 Å². The second-order valence-corrected chi connectivity index (χ2v) is 6.36. The molecule has 1 heterocycles. The van der Waals surface area contributed by atoms with Crippen molar-refractivity contribution < 1.29 is 14.6 Å². The molecule has 2 fully saturated rings. The van der Waals surface area contributed by atoms with Gasteiger partial charge in [0.05, 0.1) is 13.2 Å². The lowest BCUT2D eigenvalue weighted by atomic mass is 9.73. The van der Waals surface area contributed by atoms with Crippen molar-refractivity contribution in [3.8, 4) is 5.75 Å². The predicted molar refractivity (Wildman–Crippen MR) is 93.1 cm³/mol. The van der Waals surface area contributed by atoms with E-state index in [0.29, 0.717) is 5.75 Å². The first kappa shape index (κ1) is 18.5. The molecule has 0 atom stereocenters. The second kappa shape index (κ2) is 7.39. The van der Waals surface area contributed by atoms with Crippen molar-refractivity contribution in [2.45, 2.75) is 50.9 Å². The number of halogens is 1. The van der Waals surface area contributed by atoms with Gasteiger partial charge in [-0.1, -0.05) is 26.0 Å². The third-order valence-electron chi connectivity index (χ3n) is 5.43. The topological polar surface area (TPSA) is 41.9 Å². The van der Waals surface area contributed by atoms with E-state index in [1.165, 1.54) is 5.56 Å². The zero-order chi connectivity index (χ0) is 15.6. The van der Waals surface area contributed by atoms with Gasteiger partial charge < -0.3 is 14.6 Å². The molecule has 0 radical (unpaired) electrons. The molecule has 1 N–H and O–H groups in total. The molecule has 1 aliphatic carbocycles. The van der Waals surface area contributed by atoms with E-state index < -0.39 is 0 Å². The Morgan fingerprint density at radius 1 is 0.957 bits per heavy atom. The summed E-state index contributed by atoms with van der Waals surface area (Å²) < 4.78 is 11.8. The van der Waals surface area contributed by atoms with Gasteiger partial charge in [0.2, 0.25) is 0 Å². The molecule has 4 nitrogen and oxygen atoms in total.